The van der Waals surface area contributed by atoms with Crippen LogP contribution in [0.25, 0.3) is 0 Å². The summed E-state index contributed by atoms with van der Waals surface area (Å²) in [4.78, 5) is 29.7. The molecule has 9 heteroatoms. The second kappa shape index (κ2) is 11.4. The number of nitrogens with one attached hydrogen (secondary N) is 2. The van der Waals surface area contributed by atoms with Crippen LogP contribution in [0.3, 0.4) is 0 Å². The van der Waals surface area contributed by atoms with E-state index in [1.54, 1.807) is 53.4 Å². The number of hydrogen-bond acceptors (Lipinski definition) is 7. The van der Waals surface area contributed by atoms with Crippen molar-refractivity contribution in [3.05, 3.63) is 70.2 Å². The molecule has 2 N–H and O–H groups in total. The zero-order valence-electron chi connectivity index (χ0n) is 17.2. The number of carbonyl (C=O) groups is 2. The third kappa shape index (κ3) is 7.01. The van der Waals surface area contributed by atoms with Crippen molar-refractivity contribution in [1.82, 2.24) is 15.8 Å². The van der Waals surface area contributed by atoms with Crippen molar-refractivity contribution in [1.29, 1.82) is 0 Å². The first kappa shape index (κ1) is 22.6. The fourth-order valence-corrected chi connectivity index (χ4v) is 4.07. The van der Waals surface area contributed by atoms with E-state index in [4.69, 9.17) is 9.47 Å². The lowest BCUT2D eigenvalue weighted by Crippen LogP contribution is -2.43. The highest BCUT2D eigenvalue weighted by Crippen LogP contribution is 2.26. The van der Waals surface area contributed by atoms with Crippen LogP contribution in [0, 0.1) is 6.92 Å². The van der Waals surface area contributed by atoms with Crippen LogP contribution in [0.2, 0.25) is 0 Å². The van der Waals surface area contributed by atoms with Crippen LogP contribution in [-0.2, 0) is 10.5 Å². The second-order valence-corrected chi connectivity index (χ2v) is 8.45. The molecular weight excluding hydrogens is 434 g/mol. The lowest BCUT2D eigenvalue weighted by Gasteiger charge is -2.12. The van der Waals surface area contributed by atoms with E-state index in [1.807, 2.05) is 37.4 Å². The van der Waals surface area contributed by atoms with Gasteiger partial charge in [-0.3, -0.25) is 20.4 Å². The van der Waals surface area contributed by atoms with Crippen LogP contribution in [0.4, 0.5) is 0 Å². The largest absolute Gasteiger partial charge is 0.490 e. The summed E-state index contributed by atoms with van der Waals surface area (Å²) in [6.45, 7) is 4.09. The van der Waals surface area contributed by atoms with Gasteiger partial charge in [-0.05, 0) is 50.2 Å². The molecule has 0 aliphatic heterocycles. The van der Waals surface area contributed by atoms with Gasteiger partial charge in [0, 0.05) is 21.6 Å². The molecule has 0 unspecified atom stereocenters. The Balaban J connectivity index is 1.43. The highest BCUT2D eigenvalue weighted by molar-refractivity contribution is 7.98. The summed E-state index contributed by atoms with van der Waals surface area (Å²) in [7, 11) is 0. The number of aryl methyl sites for hydroxylation is 1. The lowest BCUT2D eigenvalue weighted by molar-refractivity contribution is -0.123. The quantitative estimate of drug-likeness (QED) is 0.373. The molecule has 3 aromatic rings. The highest BCUT2D eigenvalue weighted by Gasteiger charge is 2.10. The van der Waals surface area contributed by atoms with Crippen molar-refractivity contribution in [3.8, 4) is 11.5 Å². The van der Waals surface area contributed by atoms with Gasteiger partial charge in [-0.15, -0.1) is 23.1 Å². The Kier molecular flexibility index (Phi) is 8.31. The average molecular weight is 458 g/mol. The number of hydrogen-bond donors (Lipinski definition) is 2. The maximum atomic E-state index is 12.3. The number of aromatic nitrogens is 1. The van der Waals surface area contributed by atoms with Gasteiger partial charge in [-0.2, -0.15) is 0 Å². The first-order valence-electron chi connectivity index (χ1n) is 9.63. The van der Waals surface area contributed by atoms with Crippen LogP contribution < -0.4 is 20.3 Å². The predicted octanol–water partition coefficient (Wildman–Crippen LogP) is 3.98. The van der Waals surface area contributed by atoms with Crippen LogP contribution in [0.5, 0.6) is 11.5 Å². The van der Waals surface area contributed by atoms with Crippen molar-refractivity contribution in [3.63, 3.8) is 0 Å². The molecule has 0 saturated carbocycles. The smallest absolute Gasteiger partial charge is 0.276 e. The lowest BCUT2D eigenvalue weighted by atomic mass is 10.2. The number of ether oxygens (including phenoxy) is 2. The number of nitrogens with zero attached hydrogens (tertiary/aromatic N) is 1. The van der Waals surface area contributed by atoms with E-state index in [1.165, 1.54) is 0 Å². The Morgan fingerprint density at radius 2 is 1.74 bits per heavy atom. The molecule has 31 heavy (non-hydrogen) atoms. The van der Waals surface area contributed by atoms with Gasteiger partial charge in [-0.25, -0.2) is 4.98 Å². The van der Waals surface area contributed by atoms with E-state index >= 15 is 0 Å². The van der Waals surface area contributed by atoms with Gasteiger partial charge in [0.2, 0.25) is 0 Å². The Hall–Kier alpha value is -3.04. The summed E-state index contributed by atoms with van der Waals surface area (Å²) in [5.41, 5.74) is 6.23. The first-order valence-corrected chi connectivity index (χ1v) is 11.5. The SMILES string of the molecule is CCOc1ccccc1OCC(=O)NNC(=O)c1ccc(SCc2csc(C)n2)cc1. The zero-order chi connectivity index (χ0) is 22.1. The fourth-order valence-electron chi connectivity index (χ4n) is 2.56. The summed E-state index contributed by atoms with van der Waals surface area (Å²) in [6, 6.07) is 14.3. The number of rotatable bonds is 9. The molecule has 0 atom stereocenters. The van der Waals surface area contributed by atoms with Gasteiger partial charge in [0.15, 0.2) is 18.1 Å². The minimum absolute atomic E-state index is 0.254. The molecule has 1 aromatic heterocycles. The normalized spacial score (nSPS) is 10.4. The van der Waals surface area contributed by atoms with E-state index in [-0.39, 0.29) is 6.61 Å². The van der Waals surface area contributed by atoms with E-state index in [2.05, 4.69) is 15.8 Å². The van der Waals surface area contributed by atoms with Crippen molar-refractivity contribution >= 4 is 34.9 Å². The standard InChI is InChI=1S/C22H23N3O4S2/c1-3-28-19-6-4-5-7-20(19)29-12-21(26)24-25-22(27)16-8-10-18(11-9-16)31-14-17-13-30-15(2)23-17/h4-11,13H,3,12,14H2,1-2H3,(H,24,26)(H,25,27). The second-order valence-electron chi connectivity index (χ2n) is 6.34. The van der Waals surface area contributed by atoms with Gasteiger partial charge in [0.25, 0.3) is 11.8 Å². The average Bonchev–Trinajstić information content (AvgIpc) is 3.21. The number of amides is 2. The maximum Gasteiger partial charge on any atom is 0.276 e. The van der Waals surface area contributed by atoms with Crippen LogP contribution in [-0.4, -0.2) is 30.0 Å². The molecule has 162 valence electrons. The molecule has 3 rings (SSSR count). The zero-order valence-corrected chi connectivity index (χ0v) is 18.8. The molecule has 0 saturated heterocycles. The van der Waals surface area contributed by atoms with Gasteiger partial charge in [0.05, 0.1) is 17.3 Å². The molecule has 0 radical (unpaired) electrons. The molecule has 0 fully saturated rings. The number of benzene rings is 2. The number of thioether (sulfide) groups is 1. The molecule has 0 aliphatic rings. The number of carbonyl (C=O) groups excluding carboxylic acids is 2. The van der Waals surface area contributed by atoms with Gasteiger partial charge in [-0.1, -0.05) is 12.1 Å². The minimum atomic E-state index is -0.481. The summed E-state index contributed by atoms with van der Waals surface area (Å²) >= 11 is 3.28. The summed E-state index contributed by atoms with van der Waals surface area (Å²) in [6.07, 6.45) is 0. The molecule has 1 heterocycles. The summed E-state index contributed by atoms with van der Waals surface area (Å²) < 4.78 is 10.9. The maximum absolute atomic E-state index is 12.3. The number of thiazole rings is 1. The van der Waals surface area contributed by atoms with Crippen molar-refractivity contribution in [2.75, 3.05) is 13.2 Å². The van der Waals surface area contributed by atoms with Crippen LogP contribution >= 0.6 is 23.1 Å². The van der Waals surface area contributed by atoms with E-state index < -0.39 is 11.8 Å². The van der Waals surface area contributed by atoms with Gasteiger partial charge in [0.1, 0.15) is 0 Å². The molecule has 0 spiro atoms. The van der Waals surface area contributed by atoms with Crippen LogP contribution in [0.1, 0.15) is 28.0 Å². The molecular formula is C22H23N3O4S2. The van der Waals surface area contributed by atoms with E-state index in [0.29, 0.717) is 23.7 Å². The Bertz CT molecular complexity index is 1020. The first-order chi connectivity index (χ1) is 15.0. The summed E-state index contributed by atoms with van der Waals surface area (Å²) in [5.74, 6) is 0.912. The van der Waals surface area contributed by atoms with Crippen LogP contribution in [0.15, 0.2) is 58.8 Å². The third-order valence-electron chi connectivity index (χ3n) is 3.99. The molecule has 2 aromatic carbocycles. The fraction of sp³-hybridized carbons (Fsp3) is 0.227. The van der Waals surface area contributed by atoms with Gasteiger partial charge < -0.3 is 9.47 Å². The Morgan fingerprint density at radius 1 is 1.03 bits per heavy atom. The van der Waals surface area contributed by atoms with E-state index in [0.717, 1.165) is 21.3 Å². The Morgan fingerprint density at radius 3 is 2.39 bits per heavy atom. The third-order valence-corrected chi connectivity index (χ3v) is 5.86. The highest BCUT2D eigenvalue weighted by atomic mass is 32.2. The molecule has 0 bridgehead atoms. The molecule has 2 amide bonds. The van der Waals surface area contributed by atoms with Gasteiger partial charge >= 0.3 is 0 Å². The monoisotopic (exact) mass is 457 g/mol. The Labute approximate surface area is 189 Å². The molecule has 7 nitrogen and oxygen atoms in total. The number of para-hydroxylation sites is 2. The van der Waals surface area contributed by atoms with Crippen molar-refractivity contribution < 1.29 is 19.1 Å². The number of hydrazine groups is 1. The molecule has 0 aliphatic carbocycles. The predicted molar refractivity (Wildman–Crippen MR) is 122 cm³/mol. The van der Waals surface area contributed by atoms with E-state index in [9.17, 15) is 9.59 Å². The van der Waals surface area contributed by atoms with Crippen molar-refractivity contribution in [2.45, 2.75) is 24.5 Å². The topological polar surface area (TPSA) is 89.5 Å². The minimum Gasteiger partial charge on any atom is -0.490 e. The summed E-state index contributed by atoms with van der Waals surface area (Å²) in [5, 5.41) is 3.10. The van der Waals surface area contributed by atoms with Crippen molar-refractivity contribution in [2.24, 2.45) is 0 Å².